The van der Waals surface area contributed by atoms with Crippen molar-refractivity contribution in [3.05, 3.63) is 182 Å². The van der Waals surface area contributed by atoms with Gasteiger partial charge in [0.05, 0.1) is 33.1 Å². The van der Waals surface area contributed by atoms with Gasteiger partial charge in [-0.3, -0.25) is 4.57 Å². The average molecular weight is 651 g/mol. The van der Waals surface area contributed by atoms with E-state index in [1.54, 1.807) is 0 Å². The van der Waals surface area contributed by atoms with E-state index in [2.05, 4.69) is 184 Å². The molecule has 51 heavy (non-hydrogen) atoms. The third-order valence-corrected chi connectivity index (χ3v) is 10.5. The molecule has 11 rings (SSSR count). The van der Waals surface area contributed by atoms with E-state index in [4.69, 9.17) is 4.98 Å². The first-order chi connectivity index (χ1) is 25.3. The Morgan fingerprint density at radius 3 is 1.47 bits per heavy atom. The summed E-state index contributed by atoms with van der Waals surface area (Å²) in [6, 6.07) is 63.5. The maximum atomic E-state index is 4.89. The number of pyridine rings is 1. The van der Waals surface area contributed by atoms with Crippen LogP contribution in [-0.2, 0) is 0 Å². The van der Waals surface area contributed by atoms with E-state index in [9.17, 15) is 0 Å². The van der Waals surface area contributed by atoms with Crippen LogP contribution >= 0.6 is 0 Å². The largest absolute Gasteiger partial charge is 0.309 e. The second kappa shape index (κ2) is 10.8. The summed E-state index contributed by atoms with van der Waals surface area (Å²) in [6.07, 6.45) is 1.88. The van der Waals surface area contributed by atoms with Gasteiger partial charge in [0.1, 0.15) is 5.82 Å². The molecule has 0 atom stereocenters. The highest BCUT2D eigenvalue weighted by molar-refractivity contribution is 6.17. The van der Waals surface area contributed by atoms with Crippen LogP contribution in [0.3, 0.4) is 0 Å². The number of benzene rings is 7. The van der Waals surface area contributed by atoms with Crippen molar-refractivity contribution in [1.82, 2.24) is 18.7 Å². The minimum atomic E-state index is 0.899. The van der Waals surface area contributed by atoms with Gasteiger partial charge in [-0.2, -0.15) is 0 Å². The van der Waals surface area contributed by atoms with E-state index in [1.165, 1.54) is 54.4 Å². The highest BCUT2D eigenvalue weighted by Crippen LogP contribution is 2.43. The third kappa shape index (κ3) is 4.05. The molecule has 4 heterocycles. The molecule has 0 amide bonds. The molecule has 238 valence electrons. The van der Waals surface area contributed by atoms with Crippen LogP contribution in [0.2, 0.25) is 0 Å². The number of para-hydroxylation sites is 5. The molecule has 7 aromatic carbocycles. The maximum Gasteiger partial charge on any atom is 0.137 e. The molecule has 4 nitrogen and oxygen atoms in total. The molecule has 0 unspecified atom stereocenters. The van der Waals surface area contributed by atoms with Crippen molar-refractivity contribution in [3.63, 3.8) is 0 Å². The van der Waals surface area contributed by atoms with Gasteiger partial charge in [-0.1, -0.05) is 103 Å². The molecule has 0 bridgehead atoms. The van der Waals surface area contributed by atoms with Crippen molar-refractivity contribution >= 4 is 65.4 Å². The lowest BCUT2D eigenvalue weighted by atomic mass is 9.98. The normalized spacial score (nSPS) is 11.9. The van der Waals surface area contributed by atoms with Gasteiger partial charge in [0.2, 0.25) is 0 Å². The molecule has 0 aliphatic rings. The van der Waals surface area contributed by atoms with Crippen LogP contribution in [0, 0.1) is 0 Å². The lowest BCUT2D eigenvalue weighted by molar-refractivity contribution is 1.08. The topological polar surface area (TPSA) is 27.7 Å². The Morgan fingerprint density at radius 2 is 0.843 bits per heavy atom. The van der Waals surface area contributed by atoms with Gasteiger partial charge < -0.3 is 9.13 Å². The summed E-state index contributed by atoms with van der Waals surface area (Å²) >= 11 is 0. The van der Waals surface area contributed by atoms with Gasteiger partial charge in [-0.05, 0) is 78.4 Å². The fourth-order valence-electron chi connectivity index (χ4n) is 8.35. The quantitative estimate of drug-likeness (QED) is 0.186. The minimum Gasteiger partial charge on any atom is -0.309 e. The van der Waals surface area contributed by atoms with Crippen LogP contribution in [0.4, 0.5) is 0 Å². The molecule has 0 aliphatic carbocycles. The summed E-state index contributed by atoms with van der Waals surface area (Å²) in [7, 11) is 0. The fraction of sp³-hybridized carbons (Fsp3) is 0. The van der Waals surface area contributed by atoms with Crippen LogP contribution in [-0.4, -0.2) is 18.7 Å². The molecule has 4 aromatic heterocycles. The van der Waals surface area contributed by atoms with E-state index >= 15 is 0 Å². The summed E-state index contributed by atoms with van der Waals surface area (Å²) in [5.74, 6) is 0.899. The predicted octanol–water partition coefficient (Wildman–Crippen LogP) is 12.0. The number of fused-ring (bicyclic) bond motifs is 9. The van der Waals surface area contributed by atoms with Crippen molar-refractivity contribution in [2.24, 2.45) is 0 Å². The van der Waals surface area contributed by atoms with E-state index in [0.717, 1.165) is 39.4 Å². The van der Waals surface area contributed by atoms with Crippen LogP contribution in [0.25, 0.3) is 93.7 Å². The van der Waals surface area contributed by atoms with Gasteiger partial charge in [0.25, 0.3) is 0 Å². The van der Waals surface area contributed by atoms with Crippen molar-refractivity contribution in [2.75, 3.05) is 0 Å². The van der Waals surface area contributed by atoms with Crippen molar-refractivity contribution in [2.45, 2.75) is 0 Å². The first-order valence-electron chi connectivity index (χ1n) is 17.4. The van der Waals surface area contributed by atoms with Crippen molar-refractivity contribution < 1.29 is 0 Å². The summed E-state index contributed by atoms with van der Waals surface area (Å²) in [5.41, 5.74) is 11.6. The van der Waals surface area contributed by atoms with Gasteiger partial charge in [0.15, 0.2) is 0 Å². The number of rotatable bonds is 4. The summed E-state index contributed by atoms with van der Waals surface area (Å²) < 4.78 is 7.15. The van der Waals surface area contributed by atoms with Crippen LogP contribution in [0.5, 0.6) is 0 Å². The second-order valence-electron chi connectivity index (χ2n) is 13.2. The monoisotopic (exact) mass is 650 g/mol. The predicted molar refractivity (Wildman–Crippen MR) is 213 cm³/mol. The molecule has 0 saturated heterocycles. The maximum absolute atomic E-state index is 4.89. The average Bonchev–Trinajstić information content (AvgIpc) is 3.84. The highest BCUT2D eigenvalue weighted by atomic mass is 15.1. The Labute approximate surface area is 293 Å². The van der Waals surface area contributed by atoms with Crippen LogP contribution in [0.15, 0.2) is 182 Å². The zero-order valence-corrected chi connectivity index (χ0v) is 27.6. The van der Waals surface area contributed by atoms with Gasteiger partial charge in [0, 0.05) is 55.5 Å². The Hall–Kier alpha value is -6.91. The Morgan fingerprint density at radius 1 is 0.333 bits per heavy atom. The van der Waals surface area contributed by atoms with Gasteiger partial charge in [-0.25, -0.2) is 4.98 Å². The molecule has 0 radical (unpaired) electrons. The van der Waals surface area contributed by atoms with Crippen molar-refractivity contribution in [3.8, 4) is 28.3 Å². The van der Waals surface area contributed by atoms with E-state index in [-0.39, 0.29) is 0 Å². The SMILES string of the molecule is c1ccc(-n2c3ccccc3c3cc(-c4cc(-n5c6ccccc6c6ccccc65)cc5c6ccccc6n(-c6ccccn6)c45)ccc32)cc1. The Balaban J connectivity index is 1.29. The van der Waals surface area contributed by atoms with Crippen molar-refractivity contribution in [1.29, 1.82) is 0 Å². The minimum absolute atomic E-state index is 0.899. The van der Waals surface area contributed by atoms with E-state index in [1.807, 2.05) is 12.3 Å². The number of hydrogen-bond donors (Lipinski definition) is 0. The molecular weight excluding hydrogens is 621 g/mol. The van der Waals surface area contributed by atoms with E-state index in [0.29, 0.717) is 0 Å². The number of nitrogens with zero attached hydrogens (tertiary/aromatic N) is 4. The summed E-state index contributed by atoms with van der Waals surface area (Å²) in [5, 5.41) is 7.35. The second-order valence-corrected chi connectivity index (χ2v) is 13.2. The lowest BCUT2D eigenvalue weighted by Crippen LogP contribution is -2.00. The first-order valence-corrected chi connectivity index (χ1v) is 17.4. The molecule has 0 saturated carbocycles. The molecular formula is C47H30N4. The lowest BCUT2D eigenvalue weighted by Gasteiger charge is -2.15. The smallest absolute Gasteiger partial charge is 0.137 e. The van der Waals surface area contributed by atoms with Crippen LogP contribution in [0.1, 0.15) is 0 Å². The van der Waals surface area contributed by atoms with Gasteiger partial charge >= 0.3 is 0 Å². The standard InChI is InChI=1S/C47H30N4/c1-2-14-32(15-3-1)49-43-22-10-6-18-36(43)39-28-31(25-26-45(39)49)38-29-33(50-41-20-8-4-16-34(41)35-17-5-9-21-42(35)50)30-40-37-19-7-11-23-44(37)51(47(38)40)46-24-12-13-27-48-46/h1-30H. The Kier molecular flexibility index (Phi) is 5.92. The highest BCUT2D eigenvalue weighted by Gasteiger charge is 2.22. The zero-order chi connectivity index (χ0) is 33.5. The fourth-order valence-corrected chi connectivity index (χ4v) is 8.35. The third-order valence-electron chi connectivity index (χ3n) is 10.5. The van der Waals surface area contributed by atoms with Crippen LogP contribution < -0.4 is 0 Å². The Bertz CT molecular complexity index is 3070. The number of aromatic nitrogens is 4. The molecule has 4 heteroatoms. The molecule has 0 fully saturated rings. The molecule has 11 aromatic rings. The molecule has 0 N–H and O–H groups in total. The molecule has 0 spiro atoms. The number of hydrogen-bond acceptors (Lipinski definition) is 1. The summed E-state index contributed by atoms with van der Waals surface area (Å²) in [4.78, 5) is 4.89. The first kappa shape index (κ1) is 28.0. The molecule has 0 aliphatic heterocycles. The zero-order valence-electron chi connectivity index (χ0n) is 27.6. The van der Waals surface area contributed by atoms with E-state index < -0.39 is 0 Å². The summed E-state index contributed by atoms with van der Waals surface area (Å²) in [6.45, 7) is 0. The van der Waals surface area contributed by atoms with Gasteiger partial charge in [-0.15, -0.1) is 0 Å².